The molecule has 1 fully saturated rings. The van der Waals surface area contributed by atoms with Crippen molar-refractivity contribution in [3.63, 3.8) is 0 Å². The Morgan fingerprint density at radius 1 is 1.28 bits per heavy atom. The average molecular weight is 359 g/mol. The first kappa shape index (κ1) is 18.0. The van der Waals surface area contributed by atoms with Crippen LogP contribution >= 0.6 is 11.8 Å². The van der Waals surface area contributed by atoms with Gasteiger partial charge >= 0.3 is 0 Å². The van der Waals surface area contributed by atoms with Gasteiger partial charge in [-0.1, -0.05) is 24.8 Å². The average Bonchev–Trinajstić information content (AvgIpc) is 3.11. The van der Waals surface area contributed by atoms with Crippen LogP contribution in [0.15, 0.2) is 27.8 Å². The Balaban J connectivity index is 1.61. The summed E-state index contributed by atoms with van der Waals surface area (Å²) >= 11 is 1.33. The number of aryl methyl sites for hydroxylation is 2. The molecule has 3 rings (SSSR count). The van der Waals surface area contributed by atoms with Gasteiger partial charge in [-0.2, -0.15) is 0 Å². The van der Waals surface area contributed by atoms with Crippen molar-refractivity contribution in [2.75, 3.05) is 12.3 Å². The number of likely N-dealkylation sites (tertiary alicyclic amines) is 1. The number of thioether (sulfide) groups is 1. The quantitative estimate of drug-likeness (QED) is 0.748. The first-order chi connectivity index (χ1) is 12.1. The lowest BCUT2D eigenvalue weighted by Gasteiger charge is -2.35. The van der Waals surface area contributed by atoms with Crippen LogP contribution in [-0.2, 0) is 4.79 Å². The molecule has 0 spiro atoms. The maximum atomic E-state index is 12.5. The zero-order valence-corrected chi connectivity index (χ0v) is 15.9. The van der Waals surface area contributed by atoms with Crippen molar-refractivity contribution >= 4 is 17.7 Å². The summed E-state index contributed by atoms with van der Waals surface area (Å²) in [5, 5.41) is 8.64. The van der Waals surface area contributed by atoms with Crippen molar-refractivity contribution < 1.29 is 9.21 Å². The highest BCUT2D eigenvalue weighted by molar-refractivity contribution is 7.99. The summed E-state index contributed by atoms with van der Waals surface area (Å²) in [4.78, 5) is 14.5. The van der Waals surface area contributed by atoms with Crippen molar-refractivity contribution in [3.8, 4) is 11.5 Å². The molecule has 1 aliphatic heterocycles. The van der Waals surface area contributed by atoms with Crippen LogP contribution in [0.4, 0.5) is 0 Å². The maximum absolute atomic E-state index is 12.5. The van der Waals surface area contributed by atoms with E-state index in [2.05, 4.69) is 31.0 Å². The molecular formula is C19H25N3O2S. The molecule has 25 heavy (non-hydrogen) atoms. The van der Waals surface area contributed by atoms with Crippen molar-refractivity contribution in [3.05, 3.63) is 29.3 Å². The topological polar surface area (TPSA) is 59.2 Å². The lowest BCUT2D eigenvalue weighted by Crippen LogP contribution is -2.44. The van der Waals surface area contributed by atoms with E-state index in [4.69, 9.17) is 4.42 Å². The van der Waals surface area contributed by atoms with Crippen LogP contribution in [-0.4, -0.2) is 39.3 Å². The fraction of sp³-hybridized carbons (Fsp3) is 0.526. The predicted octanol–water partition coefficient (Wildman–Crippen LogP) is 4.24. The minimum atomic E-state index is 0.169. The van der Waals surface area contributed by atoms with E-state index in [1.54, 1.807) is 0 Å². The second kappa shape index (κ2) is 8.04. The number of nitrogens with zero attached hydrogens (tertiary/aromatic N) is 3. The van der Waals surface area contributed by atoms with Gasteiger partial charge in [-0.05, 0) is 62.8 Å². The van der Waals surface area contributed by atoms with E-state index in [1.807, 2.05) is 23.1 Å². The third-order valence-corrected chi connectivity index (χ3v) is 5.70. The molecule has 0 bridgehead atoms. The van der Waals surface area contributed by atoms with Crippen LogP contribution in [0.3, 0.4) is 0 Å². The largest absolute Gasteiger partial charge is 0.411 e. The molecule has 0 unspecified atom stereocenters. The Bertz CT molecular complexity index is 744. The minimum absolute atomic E-state index is 0.169. The molecule has 2 heterocycles. The van der Waals surface area contributed by atoms with Crippen molar-refractivity contribution in [1.82, 2.24) is 15.1 Å². The number of hydrogen-bond donors (Lipinski definition) is 0. The SMILES string of the molecule is CC[C@@H]1CCCCN1C(=O)CSc1nnc(-c2ccc(C)c(C)c2)o1. The van der Waals surface area contributed by atoms with Crippen LogP contribution < -0.4 is 0 Å². The van der Waals surface area contributed by atoms with E-state index in [-0.39, 0.29) is 5.91 Å². The minimum Gasteiger partial charge on any atom is -0.411 e. The third kappa shape index (κ3) is 4.24. The molecule has 5 nitrogen and oxygen atoms in total. The molecule has 134 valence electrons. The van der Waals surface area contributed by atoms with E-state index in [0.29, 0.717) is 22.9 Å². The molecule has 1 aliphatic rings. The Kier molecular flexibility index (Phi) is 5.78. The number of benzene rings is 1. The summed E-state index contributed by atoms with van der Waals surface area (Å²) in [7, 11) is 0. The molecule has 1 aromatic heterocycles. The van der Waals surface area contributed by atoms with Gasteiger partial charge in [-0.3, -0.25) is 4.79 Å². The second-order valence-electron chi connectivity index (χ2n) is 6.61. The van der Waals surface area contributed by atoms with Crippen molar-refractivity contribution in [1.29, 1.82) is 0 Å². The fourth-order valence-electron chi connectivity index (χ4n) is 3.22. The van der Waals surface area contributed by atoms with Crippen LogP contribution in [0.25, 0.3) is 11.5 Å². The molecule has 6 heteroatoms. The molecule has 0 aliphatic carbocycles. The van der Waals surface area contributed by atoms with E-state index in [9.17, 15) is 4.79 Å². The fourth-order valence-corrected chi connectivity index (χ4v) is 3.87. The molecule has 1 aromatic carbocycles. The van der Waals surface area contributed by atoms with Gasteiger partial charge in [-0.15, -0.1) is 10.2 Å². The standard InChI is InChI=1S/C19H25N3O2S/c1-4-16-7-5-6-10-22(16)17(23)12-25-19-21-20-18(24-19)15-9-8-13(2)14(3)11-15/h8-9,11,16H,4-7,10,12H2,1-3H3/t16-/m1/s1. The van der Waals surface area contributed by atoms with Gasteiger partial charge in [0.25, 0.3) is 5.22 Å². The van der Waals surface area contributed by atoms with Crippen molar-refractivity contribution in [2.45, 2.75) is 57.7 Å². The highest BCUT2D eigenvalue weighted by Gasteiger charge is 2.25. The molecule has 1 amide bonds. The van der Waals surface area contributed by atoms with Gasteiger partial charge in [-0.25, -0.2) is 0 Å². The Morgan fingerprint density at radius 3 is 2.88 bits per heavy atom. The van der Waals surface area contributed by atoms with Crippen LogP contribution in [0, 0.1) is 13.8 Å². The molecule has 0 N–H and O–H groups in total. The molecular weight excluding hydrogens is 334 g/mol. The number of amides is 1. The van der Waals surface area contributed by atoms with Crippen LogP contribution in [0.5, 0.6) is 0 Å². The molecule has 2 aromatic rings. The van der Waals surface area contributed by atoms with Gasteiger partial charge in [0.1, 0.15) is 0 Å². The van der Waals surface area contributed by atoms with E-state index < -0.39 is 0 Å². The van der Waals surface area contributed by atoms with Crippen LogP contribution in [0.1, 0.15) is 43.7 Å². The summed E-state index contributed by atoms with van der Waals surface area (Å²) in [6.07, 6.45) is 4.46. The summed E-state index contributed by atoms with van der Waals surface area (Å²) in [6, 6.07) is 6.46. The summed E-state index contributed by atoms with van der Waals surface area (Å²) in [5.41, 5.74) is 3.34. The highest BCUT2D eigenvalue weighted by atomic mass is 32.2. The Hall–Kier alpha value is -1.82. The number of rotatable bonds is 5. The van der Waals surface area contributed by atoms with E-state index in [0.717, 1.165) is 31.4 Å². The van der Waals surface area contributed by atoms with Crippen molar-refractivity contribution in [2.24, 2.45) is 0 Å². The number of hydrogen-bond acceptors (Lipinski definition) is 5. The van der Waals surface area contributed by atoms with E-state index >= 15 is 0 Å². The van der Waals surface area contributed by atoms with Gasteiger partial charge in [0.2, 0.25) is 11.8 Å². The lowest BCUT2D eigenvalue weighted by atomic mass is 10.0. The van der Waals surface area contributed by atoms with Gasteiger partial charge in [0.05, 0.1) is 5.75 Å². The van der Waals surface area contributed by atoms with E-state index in [1.165, 1.54) is 29.3 Å². The third-order valence-electron chi connectivity index (χ3n) is 4.90. The van der Waals surface area contributed by atoms with Crippen LogP contribution in [0.2, 0.25) is 0 Å². The van der Waals surface area contributed by atoms with Gasteiger partial charge in [0, 0.05) is 18.2 Å². The summed E-state index contributed by atoms with van der Waals surface area (Å²) < 4.78 is 5.73. The highest BCUT2D eigenvalue weighted by Crippen LogP contribution is 2.26. The van der Waals surface area contributed by atoms with Gasteiger partial charge < -0.3 is 9.32 Å². The maximum Gasteiger partial charge on any atom is 0.277 e. The van der Waals surface area contributed by atoms with Gasteiger partial charge in [0.15, 0.2) is 0 Å². The zero-order chi connectivity index (χ0) is 17.8. The molecule has 0 radical (unpaired) electrons. The molecule has 1 atom stereocenters. The Labute approximate surface area is 153 Å². The normalized spacial score (nSPS) is 17.7. The summed E-state index contributed by atoms with van der Waals surface area (Å²) in [5.74, 6) is 1.02. The zero-order valence-electron chi connectivity index (χ0n) is 15.1. The summed E-state index contributed by atoms with van der Waals surface area (Å²) in [6.45, 7) is 7.16. The molecule has 1 saturated heterocycles. The first-order valence-corrected chi connectivity index (χ1v) is 9.90. The monoisotopic (exact) mass is 359 g/mol. The first-order valence-electron chi connectivity index (χ1n) is 8.92. The lowest BCUT2D eigenvalue weighted by molar-refractivity contribution is -0.132. The smallest absolute Gasteiger partial charge is 0.277 e. The molecule has 0 saturated carbocycles. The number of aromatic nitrogens is 2. The predicted molar refractivity (Wildman–Crippen MR) is 99.6 cm³/mol. The Morgan fingerprint density at radius 2 is 2.12 bits per heavy atom. The number of carbonyl (C=O) groups excluding carboxylic acids is 1. The second-order valence-corrected chi connectivity index (χ2v) is 7.53. The number of carbonyl (C=O) groups is 1. The number of piperidine rings is 1.